The van der Waals surface area contributed by atoms with Gasteiger partial charge in [-0.15, -0.1) is 0 Å². The van der Waals surface area contributed by atoms with Gasteiger partial charge in [0.1, 0.15) is 11.6 Å². The van der Waals surface area contributed by atoms with Crippen molar-refractivity contribution < 1.29 is 18.8 Å². The van der Waals surface area contributed by atoms with Gasteiger partial charge in [-0.1, -0.05) is 0 Å². The molecule has 1 aliphatic rings. The molecule has 26 heavy (non-hydrogen) atoms. The van der Waals surface area contributed by atoms with Crippen molar-refractivity contribution in [3.8, 4) is 5.75 Å². The highest BCUT2D eigenvalue weighted by molar-refractivity contribution is 6.00. The number of fused-ring (bicyclic) bond motifs is 1. The first-order chi connectivity index (χ1) is 12.5. The number of benzene rings is 2. The number of nitrogens with one attached hydrogen (secondary N) is 2. The predicted molar refractivity (Wildman–Crippen MR) is 94.0 cm³/mol. The van der Waals surface area contributed by atoms with Gasteiger partial charge in [-0.25, -0.2) is 4.39 Å². The van der Waals surface area contributed by atoms with Gasteiger partial charge in [-0.05, 0) is 37.1 Å². The van der Waals surface area contributed by atoms with Crippen molar-refractivity contribution in [1.82, 2.24) is 5.32 Å². The van der Waals surface area contributed by atoms with E-state index in [-0.39, 0.29) is 11.3 Å². The summed E-state index contributed by atoms with van der Waals surface area (Å²) in [6.45, 7) is 0.476. The maximum Gasteiger partial charge on any atom is 0.270 e. The smallest absolute Gasteiger partial charge is 0.270 e. The Bertz CT molecular complexity index is 856. The summed E-state index contributed by atoms with van der Waals surface area (Å²) >= 11 is 0. The van der Waals surface area contributed by atoms with Gasteiger partial charge in [0.05, 0.1) is 23.1 Å². The molecule has 1 heterocycles. The Labute approximate surface area is 149 Å². The van der Waals surface area contributed by atoms with Crippen LogP contribution in [0.5, 0.6) is 5.75 Å². The molecule has 3 rings (SSSR count). The van der Waals surface area contributed by atoms with Crippen molar-refractivity contribution in [2.24, 2.45) is 0 Å². The topological polar surface area (TPSA) is 93.5 Å². The molecule has 1 amide bonds. The summed E-state index contributed by atoms with van der Waals surface area (Å²) in [4.78, 5) is 23.2. The van der Waals surface area contributed by atoms with Crippen LogP contribution in [0.15, 0.2) is 36.4 Å². The minimum absolute atomic E-state index is 0.157. The Morgan fingerprint density at radius 2 is 2.12 bits per heavy atom. The van der Waals surface area contributed by atoms with Crippen molar-refractivity contribution in [3.63, 3.8) is 0 Å². The lowest BCUT2D eigenvalue weighted by atomic mass is 10.0. The van der Waals surface area contributed by atoms with E-state index in [0.29, 0.717) is 36.4 Å². The summed E-state index contributed by atoms with van der Waals surface area (Å²) in [7, 11) is 1.63. The fraction of sp³-hybridized carbons (Fsp3) is 0.278. The van der Waals surface area contributed by atoms with Gasteiger partial charge < -0.3 is 15.4 Å². The van der Waals surface area contributed by atoms with Crippen molar-refractivity contribution >= 4 is 17.3 Å². The zero-order chi connectivity index (χ0) is 18.7. The largest absolute Gasteiger partial charge is 0.493 e. The van der Waals surface area contributed by atoms with E-state index in [1.54, 1.807) is 13.1 Å². The van der Waals surface area contributed by atoms with Crippen LogP contribution in [0.3, 0.4) is 0 Å². The first-order valence-electron chi connectivity index (χ1n) is 8.19. The molecule has 7 nitrogen and oxygen atoms in total. The number of hydrogen-bond donors (Lipinski definition) is 2. The highest BCUT2D eigenvalue weighted by Gasteiger charge is 2.24. The number of rotatable bonds is 4. The van der Waals surface area contributed by atoms with E-state index in [0.717, 1.165) is 0 Å². The molecule has 1 aliphatic heterocycles. The summed E-state index contributed by atoms with van der Waals surface area (Å²) in [6.07, 6.45) is 1.26. The molecule has 0 spiro atoms. The molecule has 2 aromatic rings. The summed E-state index contributed by atoms with van der Waals surface area (Å²) in [5.41, 5.74) is 1.01. The number of carbonyl (C=O) groups is 1. The molecule has 0 aromatic heterocycles. The number of non-ortho nitro benzene ring substituents is 1. The van der Waals surface area contributed by atoms with Crippen molar-refractivity contribution in [1.29, 1.82) is 0 Å². The molecule has 0 aliphatic carbocycles. The van der Waals surface area contributed by atoms with Crippen LogP contribution in [0.1, 0.15) is 34.8 Å². The second-order valence-corrected chi connectivity index (χ2v) is 5.94. The van der Waals surface area contributed by atoms with E-state index in [2.05, 4.69) is 10.6 Å². The van der Waals surface area contributed by atoms with Crippen molar-refractivity contribution in [3.05, 3.63) is 63.5 Å². The van der Waals surface area contributed by atoms with Crippen molar-refractivity contribution in [2.45, 2.75) is 18.9 Å². The minimum atomic E-state index is -0.555. The average Bonchev–Trinajstić information content (AvgIpc) is 2.83. The van der Waals surface area contributed by atoms with Crippen LogP contribution in [0.25, 0.3) is 0 Å². The molecule has 0 saturated carbocycles. The van der Waals surface area contributed by atoms with Crippen LogP contribution in [-0.4, -0.2) is 24.5 Å². The number of halogens is 1. The quantitative estimate of drug-likeness (QED) is 0.644. The van der Waals surface area contributed by atoms with E-state index in [1.165, 1.54) is 30.3 Å². The summed E-state index contributed by atoms with van der Waals surface area (Å²) in [5, 5.41) is 16.7. The molecule has 0 fully saturated rings. The summed E-state index contributed by atoms with van der Waals surface area (Å²) in [5.74, 6) is -0.359. The molecule has 0 radical (unpaired) electrons. The molecule has 0 bridgehead atoms. The van der Waals surface area contributed by atoms with Gasteiger partial charge in [0.15, 0.2) is 0 Å². The van der Waals surface area contributed by atoms with E-state index >= 15 is 0 Å². The number of amides is 1. The van der Waals surface area contributed by atoms with Crippen LogP contribution in [0, 0.1) is 15.9 Å². The number of nitro groups is 1. The van der Waals surface area contributed by atoms with Gasteiger partial charge in [-0.2, -0.15) is 0 Å². The number of nitro benzene ring substituents is 1. The molecular weight excluding hydrogens is 341 g/mol. The minimum Gasteiger partial charge on any atom is -0.493 e. The molecule has 136 valence electrons. The molecule has 1 atom stereocenters. The maximum absolute atomic E-state index is 13.7. The zero-order valence-electron chi connectivity index (χ0n) is 14.1. The van der Waals surface area contributed by atoms with E-state index < -0.39 is 22.7 Å². The van der Waals surface area contributed by atoms with E-state index in [4.69, 9.17) is 4.74 Å². The third-order valence-electron chi connectivity index (χ3n) is 4.28. The van der Waals surface area contributed by atoms with E-state index in [1.807, 2.05) is 0 Å². The fourth-order valence-electron chi connectivity index (χ4n) is 2.99. The first kappa shape index (κ1) is 17.7. The predicted octanol–water partition coefficient (Wildman–Crippen LogP) is 3.42. The van der Waals surface area contributed by atoms with Gasteiger partial charge in [0.2, 0.25) is 0 Å². The lowest BCUT2D eigenvalue weighted by molar-refractivity contribution is -0.384. The monoisotopic (exact) mass is 359 g/mol. The van der Waals surface area contributed by atoms with Gasteiger partial charge in [-0.3, -0.25) is 14.9 Å². The Kier molecular flexibility index (Phi) is 5.01. The fourth-order valence-corrected chi connectivity index (χ4v) is 2.99. The molecule has 0 unspecified atom stereocenters. The van der Waals surface area contributed by atoms with Crippen LogP contribution >= 0.6 is 0 Å². The Morgan fingerprint density at radius 3 is 2.85 bits per heavy atom. The Morgan fingerprint density at radius 1 is 1.31 bits per heavy atom. The number of ether oxygens (including phenoxy) is 1. The van der Waals surface area contributed by atoms with Crippen molar-refractivity contribution in [2.75, 3.05) is 19.0 Å². The van der Waals surface area contributed by atoms with Crippen LogP contribution in [0.4, 0.5) is 15.8 Å². The number of carbonyl (C=O) groups excluding carboxylic acids is 1. The second kappa shape index (κ2) is 7.38. The molecule has 0 saturated heterocycles. The maximum atomic E-state index is 13.7. The van der Waals surface area contributed by atoms with Gasteiger partial charge in [0, 0.05) is 30.4 Å². The highest BCUT2D eigenvalue weighted by atomic mass is 19.1. The zero-order valence-corrected chi connectivity index (χ0v) is 14.1. The summed E-state index contributed by atoms with van der Waals surface area (Å²) in [6, 6.07) is 7.78. The van der Waals surface area contributed by atoms with Crippen LogP contribution < -0.4 is 15.4 Å². The third kappa shape index (κ3) is 3.58. The lowest BCUT2D eigenvalue weighted by Crippen LogP contribution is -2.29. The van der Waals surface area contributed by atoms with Crippen LogP contribution in [0.2, 0.25) is 0 Å². The highest BCUT2D eigenvalue weighted by Crippen LogP contribution is 2.33. The molecular formula is C18H18FN3O4. The standard InChI is InChI=1S/C18H18FN3O4/c1-20-15-6-5-12(22(24)25)10-14(15)18(23)21-16-3-2-8-26-17-7-4-11(19)9-13(16)17/h4-7,9-10,16,20H,2-3,8H2,1H3,(H,21,23)/t16-/m1/s1. The number of nitrogens with zero attached hydrogens (tertiary/aromatic N) is 1. The van der Waals surface area contributed by atoms with Crippen LogP contribution in [-0.2, 0) is 0 Å². The summed E-state index contributed by atoms with van der Waals surface area (Å²) < 4.78 is 19.3. The normalized spacial score (nSPS) is 16.0. The lowest BCUT2D eigenvalue weighted by Gasteiger charge is -2.19. The number of hydrogen-bond acceptors (Lipinski definition) is 5. The molecule has 2 aromatic carbocycles. The van der Waals surface area contributed by atoms with Gasteiger partial charge >= 0.3 is 0 Å². The molecule has 8 heteroatoms. The second-order valence-electron chi connectivity index (χ2n) is 5.94. The average molecular weight is 359 g/mol. The first-order valence-corrected chi connectivity index (χ1v) is 8.19. The SMILES string of the molecule is CNc1ccc([N+](=O)[O-])cc1C(=O)N[C@@H]1CCCOc2ccc(F)cc21. The van der Waals surface area contributed by atoms with E-state index in [9.17, 15) is 19.3 Å². The Balaban J connectivity index is 1.92. The molecule has 2 N–H and O–H groups in total. The van der Waals surface area contributed by atoms with Gasteiger partial charge in [0.25, 0.3) is 11.6 Å². The third-order valence-corrected chi connectivity index (χ3v) is 4.28. The Hall–Kier alpha value is -3.16. The number of anilines is 1.